The summed E-state index contributed by atoms with van der Waals surface area (Å²) in [7, 11) is 0. The van der Waals surface area contributed by atoms with Crippen molar-refractivity contribution in [2.75, 3.05) is 5.73 Å². The van der Waals surface area contributed by atoms with Crippen molar-refractivity contribution in [3.8, 4) is 0 Å². The van der Waals surface area contributed by atoms with Gasteiger partial charge in [-0.05, 0) is 18.2 Å². The van der Waals surface area contributed by atoms with E-state index >= 15 is 0 Å². The molecule has 0 heterocycles. The highest BCUT2D eigenvalue weighted by Gasteiger charge is 1.97. The first-order valence-corrected chi connectivity index (χ1v) is 2.69. The largest absolute Gasteiger partial charge is 0.399 e. The van der Waals surface area contributed by atoms with E-state index in [0.717, 1.165) is 12.1 Å². The number of benzene rings is 1. The van der Waals surface area contributed by atoms with Crippen molar-refractivity contribution in [1.82, 2.24) is 0 Å². The van der Waals surface area contributed by atoms with Gasteiger partial charge in [0.05, 0.1) is 0 Å². The van der Waals surface area contributed by atoms with Crippen LogP contribution in [-0.2, 0) is 4.79 Å². The summed E-state index contributed by atoms with van der Waals surface area (Å²) >= 11 is 0. The molecule has 0 bridgehead atoms. The molecule has 0 amide bonds. The Morgan fingerprint density at radius 3 is 2.09 bits per heavy atom. The third-order valence-electron chi connectivity index (χ3n) is 0.944. The Hall–Kier alpha value is -1.45. The molecular formula is C7H7F2NO. The summed E-state index contributed by atoms with van der Waals surface area (Å²) in [6.45, 7) is 2.00. The van der Waals surface area contributed by atoms with E-state index in [2.05, 4.69) is 0 Å². The van der Waals surface area contributed by atoms with E-state index in [1.807, 2.05) is 6.79 Å². The first-order chi connectivity index (χ1) is 5.20. The van der Waals surface area contributed by atoms with E-state index in [9.17, 15) is 8.78 Å². The second-order valence-corrected chi connectivity index (χ2v) is 1.67. The number of rotatable bonds is 0. The predicted octanol–water partition coefficient (Wildman–Crippen LogP) is 1.36. The van der Waals surface area contributed by atoms with Crippen molar-refractivity contribution in [2.24, 2.45) is 0 Å². The van der Waals surface area contributed by atoms with Crippen molar-refractivity contribution in [3.05, 3.63) is 29.8 Å². The Morgan fingerprint density at radius 2 is 1.73 bits per heavy atom. The molecule has 0 radical (unpaired) electrons. The van der Waals surface area contributed by atoms with Gasteiger partial charge in [0.1, 0.15) is 6.79 Å². The van der Waals surface area contributed by atoms with Crippen molar-refractivity contribution in [1.29, 1.82) is 0 Å². The van der Waals surface area contributed by atoms with Crippen molar-refractivity contribution in [2.45, 2.75) is 0 Å². The van der Waals surface area contributed by atoms with Gasteiger partial charge in [-0.1, -0.05) is 0 Å². The number of anilines is 1. The average molecular weight is 159 g/mol. The number of halogens is 2. The summed E-state index contributed by atoms with van der Waals surface area (Å²) in [4.78, 5) is 8.00. The molecule has 0 aliphatic rings. The molecule has 1 rings (SSSR count). The van der Waals surface area contributed by atoms with Gasteiger partial charge in [0, 0.05) is 5.69 Å². The lowest BCUT2D eigenvalue weighted by Gasteiger charge is -1.91. The van der Waals surface area contributed by atoms with Crippen LogP contribution in [0.25, 0.3) is 0 Å². The normalized spacial score (nSPS) is 8.18. The van der Waals surface area contributed by atoms with Gasteiger partial charge in [-0.3, -0.25) is 0 Å². The minimum atomic E-state index is -0.907. The van der Waals surface area contributed by atoms with Crippen LogP contribution in [0.4, 0.5) is 14.5 Å². The smallest absolute Gasteiger partial charge is 0.160 e. The van der Waals surface area contributed by atoms with E-state index in [-0.39, 0.29) is 5.69 Å². The lowest BCUT2D eigenvalue weighted by molar-refractivity contribution is -0.0979. The molecule has 0 saturated heterocycles. The maximum atomic E-state index is 12.1. The van der Waals surface area contributed by atoms with Crippen LogP contribution >= 0.6 is 0 Å². The van der Waals surface area contributed by atoms with Gasteiger partial charge in [0.15, 0.2) is 11.6 Å². The van der Waals surface area contributed by atoms with Crippen molar-refractivity contribution >= 4 is 12.5 Å². The van der Waals surface area contributed by atoms with Crippen LogP contribution < -0.4 is 5.73 Å². The quantitative estimate of drug-likeness (QED) is 0.581. The molecule has 0 atom stereocenters. The Kier molecular flexibility index (Phi) is 3.80. The van der Waals surface area contributed by atoms with Gasteiger partial charge in [0.25, 0.3) is 0 Å². The number of nitrogen functional groups attached to an aromatic ring is 1. The fourth-order valence-electron chi connectivity index (χ4n) is 0.512. The Labute approximate surface area is 62.6 Å². The second kappa shape index (κ2) is 4.38. The van der Waals surface area contributed by atoms with Crippen LogP contribution in [0.5, 0.6) is 0 Å². The number of carbonyl (C=O) groups is 1. The summed E-state index contributed by atoms with van der Waals surface area (Å²) in [5, 5.41) is 0. The maximum absolute atomic E-state index is 12.1. The standard InChI is InChI=1S/C6H5F2N.CH2O/c7-5-2-1-4(9)3-6(5)8;1-2/h1-3H,9H2;1H2. The van der Waals surface area contributed by atoms with Crippen molar-refractivity contribution in [3.63, 3.8) is 0 Å². The number of nitrogens with two attached hydrogens (primary N) is 1. The van der Waals surface area contributed by atoms with Gasteiger partial charge >= 0.3 is 0 Å². The molecule has 2 N–H and O–H groups in total. The van der Waals surface area contributed by atoms with Gasteiger partial charge in [-0.25, -0.2) is 8.78 Å². The van der Waals surface area contributed by atoms with E-state index in [1.54, 1.807) is 0 Å². The van der Waals surface area contributed by atoms with E-state index < -0.39 is 11.6 Å². The number of hydrogen-bond donors (Lipinski definition) is 1. The molecule has 0 saturated carbocycles. The zero-order valence-corrected chi connectivity index (χ0v) is 5.68. The van der Waals surface area contributed by atoms with Gasteiger partial charge < -0.3 is 10.5 Å². The van der Waals surface area contributed by atoms with Gasteiger partial charge in [-0.15, -0.1) is 0 Å². The molecule has 60 valence electrons. The van der Waals surface area contributed by atoms with Crippen molar-refractivity contribution < 1.29 is 13.6 Å². The molecular weight excluding hydrogens is 152 g/mol. The zero-order chi connectivity index (χ0) is 8.85. The highest BCUT2D eigenvalue weighted by atomic mass is 19.2. The number of carbonyl (C=O) groups excluding carboxylic acids is 1. The van der Waals surface area contributed by atoms with Crippen LogP contribution in [-0.4, -0.2) is 6.79 Å². The first-order valence-electron chi connectivity index (χ1n) is 2.69. The molecule has 0 fully saturated rings. The lowest BCUT2D eigenvalue weighted by Crippen LogP contribution is -1.88. The monoisotopic (exact) mass is 159 g/mol. The fraction of sp³-hybridized carbons (Fsp3) is 0. The summed E-state index contributed by atoms with van der Waals surface area (Å²) < 4.78 is 24.2. The Bertz CT molecular complexity index is 240. The third kappa shape index (κ3) is 2.75. The second-order valence-electron chi connectivity index (χ2n) is 1.67. The highest BCUT2D eigenvalue weighted by molar-refractivity contribution is 5.37. The molecule has 1 aromatic carbocycles. The molecule has 0 spiro atoms. The summed E-state index contributed by atoms with van der Waals surface area (Å²) in [6.07, 6.45) is 0. The summed E-state index contributed by atoms with van der Waals surface area (Å²) in [6, 6.07) is 3.23. The summed E-state index contributed by atoms with van der Waals surface area (Å²) in [5.41, 5.74) is 5.35. The zero-order valence-electron chi connectivity index (χ0n) is 5.68. The average Bonchev–Trinajstić information content (AvgIpc) is 2.02. The fourth-order valence-corrected chi connectivity index (χ4v) is 0.512. The minimum Gasteiger partial charge on any atom is -0.399 e. The molecule has 2 nitrogen and oxygen atoms in total. The van der Waals surface area contributed by atoms with E-state index in [0.29, 0.717) is 0 Å². The van der Waals surface area contributed by atoms with Gasteiger partial charge in [0.2, 0.25) is 0 Å². The molecule has 4 heteroatoms. The van der Waals surface area contributed by atoms with E-state index in [1.165, 1.54) is 6.07 Å². The molecule has 0 unspecified atom stereocenters. The predicted molar refractivity (Wildman–Crippen MR) is 37.9 cm³/mol. The first kappa shape index (κ1) is 9.55. The van der Waals surface area contributed by atoms with E-state index in [4.69, 9.17) is 10.5 Å². The topological polar surface area (TPSA) is 43.1 Å². The van der Waals surface area contributed by atoms with Crippen LogP contribution in [0.3, 0.4) is 0 Å². The third-order valence-corrected chi connectivity index (χ3v) is 0.944. The number of hydrogen-bond acceptors (Lipinski definition) is 2. The Balaban J connectivity index is 0.000000461. The summed E-state index contributed by atoms with van der Waals surface area (Å²) in [5.74, 6) is -1.78. The van der Waals surface area contributed by atoms with Crippen LogP contribution in [0.1, 0.15) is 0 Å². The van der Waals surface area contributed by atoms with Crippen LogP contribution in [0, 0.1) is 11.6 Å². The molecule has 0 aliphatic heterocycles. The minimum absolute atomic E-state index is 0.230. The van der Waals surface area contributed by atoms with Crippen LogP contribution in [0.2, 0.25) is 0 Å². The highest BCUT2D eigenvalue weighted by Crippen LogP contribution is 2.08. The molecule has 1 aromatic rings. The van der Waals surface area contributed by atoms with Crippen LogP contribution in [0.15, 0.2) is 18.2 Å². The SMILES string of the molecule is C=O.Nc1ccc(F)c(F)c1. The van der Waals surface area contributed by atoms with Gasteiger partial charge in [-0.2, -0.15) is 0 Å². The lowest BCUT2D eigenvalue weighted by atomic mass is 10.3. The molecule has 0 aliphatic carbocycles. The Morgan fingerprint density at radius 1 is 1.18 bits per heavy atom. The molecule has 11 heavy (non-hydrogen) atoms. The maximum Gasteiger partial charge on any atom is 0.160 e. The molecule has 0 aromatic heterocycles.